The number of imidazole rings is 1. The van der Waals surface area contributed by atoms with E-state index in [1.165, 1.54) is 0 Å². The smallest absolute Gasteiger partial charge is 0.178 e. The number of pyridine rings is 4. The topological polar surface area (TPSA) is 117 Å². The van der Waals surface area contributed by atoms with Crippen LogP contribution in [0.5, 0.6) is 5.75 Å². The highest BCUT2D eigenvalue weighted by Gasteiger charge is 2.22. The number of H-pyrrole nitrogens is 1. The molecule has 10 heteroatoms. The van der Waals surface area contributed by atoms with Gasteiger partial charge in [-0.3, -0.25) is 15.0 Å². The zero-order valence-electron chi connectivity index (χ0n) is 20.5. The molecule has 0 bridgehead atoms. The van der Waals surface area contributed by atoms with Crippen molar-refractivity contribution in [3.8, 4) is 28.1 Å². The van der Waals surface area contributed by atoms with E-state index in [0.717, 1.165) is 45.6 Å². The summed E-state index contributed by atoms with van der Waals surface area (Å²) in [6.45, 7) is 1.99. The Morgan fingerprint density at radius 1 is 0.919 bits per heavy atom. The molecule has 6 rings (SSSR count). The van der Waals surface area contributed by atoms with Gasteiger partial charge in [-0.1, -0.05) is 0 Å². The molecule has 1 aliphatic heterocycles. The van der Waals surface area contributed by atoms with E-state index in [2.05, 4.69) is 40.3 Å². The molecular formula is C27H25N9O. The number of hydrogen-bond donors (Lipinski definition) is 2. The fourth-order valence-corrected chi connectivity index (χ4v) is 4.23. The van der Waals surface area contributed by atoms with E-state index in [1.54, 1.807) is 31.0 Å². The highest BCUT2D eigenvalue weighted by molar-refractivity contribution is 6.13. The molecule has 0 aromatic carbocycles. The molecule has 184 valence electrons. The maximum absolute atomic E-state index is 5.87. The molecule has 5 aromatic heterocycles. The molecule has 0 fully saturated rings. The number of nitrogens with zero attached hydrogens (tertiary/aromatic N) is 7. The second-order valence-corrected chi connectivity index (χ2v) is 8.96. The molecule has 0 unspecified atom stereocenters. The second-order valence-electron chi connectivity index (χ2n) is 8.96. The Labute approximate surface area is 213 Å². The average Bonchev–Trinajstić information content (AvgIpc) is 3.37. The summed E-state index contributed by atoms with van der Waals surface area (Å²) >= 11 is 0. The Kier molecular flexibility index (Phi) is 5.99. The van der Waals surface area contributed by atoms with Crippen LogP contribution in [0.4, 0.5) is 0 Å². The van der Waals surface area contributed by atoms with Crippen molar-refractivity contribution >= 4 is 16.9 Å². The Bertz CT molecular complexity index is 1590. The van der Waals surface area contributed by atoms with Crippen LogP contribution in [0.2, 0.25) is 0 Å². The fraction of sp³-hybridized carbons (Fsp3) is 0.185. The first kappa shape index (κ1) is 22.7. The molecular weight excluding hydrogens is 466 g/mol. The van der Waals surface area contributed by atoms with Gasteiger partial charge in [-0.05, 0) is 50.0 Å². The number of hydrazone groups is 1. The third-order valence-electron chi connectivity index (χ3n) is 6.13. The van der Waals surface area contributed by atoms with Crippen LogP contribution in [0.25, 0.3) is 33.5 Å². The summed E-state index contributed by atoms with van der Waals surface area (Å²) in [7, 11) is 4.03. The van der Waals surface area contributed by atoms with E-state index in [4.69, 9.17) is 9.72 Å². The van der Waals surface area contributed by atoms with Gasteiger partial charge in [-0.2, -0.15) is 5.10 Å². The molecule has 0 saturated heterocycles. The lowest BCUT2D eigenvalue weighted by Gasteiger charge is -2.17. The molecule has 0 aliphatic carbocycles. The monoisotopic (exact) mass is 491 g/mol. The van der Waals surface area contributed by atoms with Gasteiger partial charge in [0, 0.05) is 59.8 Å². The van der Waals surface area contributed by atoms with Gasteiger partial charge in [-0.15, -0.1) is 0 Å². The number of fused-ring (bicyclic) bond motifs is 2. The quantitative estimate of drug-likeness (QED) is 0.356. The third-order valence-corrected chi connectivity index (χ3v) is 6.13. The molecule has 0 atom stereocenters. The highest BCUT2D eigenvalue weighted by Crippen LogP contribution is 2.28. The predicted octanol–water partition coefficient (Wildman–Crippen LogP) is 3.27. The molecule has 0 radical (unpaired) electrons. The minimum absolute atomic E-state index is 0.582. The van der Waals surface area contributed by atoms with Crippen molar-refractivity contribution in [2.24, 2.45) is 5.10 Å². The average molecular weight is 492 g/mol. The summed E-state index contributed by atoms with van der Waals surface area (Å²) in [5, 5.41) is 4.61. The molecule has 5 aromatic rings. The lowest BCUT2D eigenvalue weighted by molar-refractivity contribution is 0.261. The van der Waals surface area contributed by atoms with Crippen molar-refractivity contribution < 1.29 is 4.74 Å². The first-order valence-electron chi connectivity index (χ1n) is 11.9. The SMILES string of the molecule is CN(C)CCOc1cncc(-c2cc3c(cn2)CNN=C3c2nc3nccc(-c4ccncc4)c3[nH]2)c1. The minimum atomic E-state index is 0.582. The van der Waals surface area contributed by atoms with Crippen molar-refractivity contribution in [1.82, 2.24) is 40.2 Å². The maximum Gasteiger partial charge on any atom is 0.178 e. The van der Waals surface area contributed by atoms with Crippen LogP contribution < -0.4 is 10.2 Å². The van der Waals surface area contributed by atoms with E-state index in [1.807, 2.05) is 50.6 Å². The van der Waals surface area contributed by atoms with E-state index in [9.17, 15) is 0 Å². The standard InChI is InChI=1S/C27H25N9O/c1-36(2)9-10-37-20-11-18(13-29-16-20)23-12-22-19(14-31-23)15-32-35-25(22)27-33-24-21(5-8-30-26(24)34-27)17-3-6-28-7-4-17/h3-8,11-14,16,32H,9-10,15H2,1-2H3,(H,30,33,34). The number of ether oxygens (including phenoxy) is 1. The number of nitrogens with one attached hydrogen (secondary N) is 2. The summed E-state index contributed by atoms with van der Waals surface area (Å²) in [6.07, 6.45) is 10.7. The number of hydrogen-bond acceptors (Lipinski definition) is 9. The van der Waals surface area contributed by atoms with Crippen LogP contribution in [-0.2, 0) is 6.54 Å². The Hall–Kier alpha value is -4.70. The normalized spacial score (nSPS) is 12.8. The van der Waals surface area contributed by atoms with Crippen LogP contribution >= 0.6 is 0 Å². The number of aromatic amines is 1. The second kappa shape index (κ2) is 9.75. The van der Waals surface area contributed by atoms with Crippen molar-refractivity contribution in [2.75, 3.05) is 27.2 Å². The Morgan fingerprint density at radius 3 is 2.68 bits per heavy atom. The van der Waals surface area contributed by atoms with Gasteiger partial charge in [0.1, 0.15) is 18.1 Å². The van der Waals surface area contributed by atoms with Crippen LogP contribution in [0.15, 0.2) is 72.6 Å². The largest absolute Gasteiger partial charge is 0.491 e. The van der Waals surface area contributed by atoms with Gasteiger partial charge >= 0.3 is 0 Å². The molecule has 10 nitrogen and oxygen atoms in total. The molecule has 0 saturated carbocycles. The molecule has 6 heterocycles. The highest BCUT2D eigenvalue weighted by atomic mass is 16.5. The van der Waals surface area contributed by atoms with Gasteiger partial charge in [0.2, 0.25) is 0 Å². The summed E-state index contributed by atoms with van der Waals surface area (Å²) < 4.78 is 5.87. The van der Waals surface area contributed by atoms with Crippen LogP contribution in [-0.4, -0.2) is 67.8 Å². The number of likely N-dealkylation sites (N-methyl/N-ethyl adjacent to an activating group) is 1. The van der Waals surface area contributed by atoms with Crippen LogP contribution in [0.3, 0.4) is 0 Å². The van der Waals surface area contributed by atoms with Crippen molar-refractivity contribution in [3.05, 3.63) is 84.5 Å². The van der Waals surface area contributed by atoms with Crippen molar-refractivity contribution in [2.45, 2.75) is 6.54 Å². The van der Waals surface area contributed by atoms with Gasteiger partial charge in [0.15, 0.2) is 11.5 Å². The van der Waals surface area contributed by atoms with Crippen LogP contribution in [0.1, 0.15) is 17.0 Å². The fourth-order valence-electron chi connectivity index (χ4n) is 4.23. The molecule has 37 heavy (non-hydrogen) atoms. The number of rotatable bonds is 7. The van der Waals surface area contributed by atoms with Gasteiger partial charge in [0.05, 0.1) is 24.0 Å². The molecule has 0 amide bonds. The molecule has 1 aliphatic rings. The maximum atomic E-state index is 5.87. The van der Waals surface area contributed by atoms with E-state index < -0.39 is 0 Å². The summed E-state index contributed by atoms with van der Waals surface area (Å²) in [5.41, 5.74) is 11.0. The van der Waals surface area contributed by atoms with Gasteiger partial charge < -0.3 is 20.0 Å². The summed E-state index contributed by atoms with van der Waals surface area (Å²) in [6, 6.07) is 9.89. The summed E-state index contributed by atoms with van der Waals surface area (Å²) in [5.74, 6) is 1.34. The molecule has 0 spiro atoms. The van der Waals surface area contributed by atoms with Crippen molar-refractivity contribution in [1.29, 1.82) is 0 Å². The molecule has 2 N–H and O–H groups in total. The van der Waals surface area contributed by atoms with Gasteiger partial charge in [0.25, 0.3) is 0 Å². The lowest BCUT2D eigenvalue weighted by atomic mass is 10.0. The number of aromatic nitrogens is 6. The zero-order chi connectivity index (χ0) is 25.2. The Morgan fingerprint density at radius 2 is 1.81 bits per heavy atom. The third kappa shape index (κ3) is 4.62. The summed E-state index contributed by atoms with van der Waals surface area (Å²) in [4.78, 5) is 28.0. The van der Waals surface area contributed by atoms with Gasteiger partial charge in [-0.25, -0.2) is 9.97 Å². The van der Waals surface area contributed by atoms with Crippen molar-refractivity contribution in [3.63, 3.8) is 0 Å². The minimum Gasteiger partial charge on any atom is -0.491 e. The zero-order valence-corrected chi connectivity index (χ0v) is 20.5. The predicted molar refractivity (Wildman–Crippen MR) is 141 cm³/mol. The lowest BCUT2D eigenvalue weighted by Crippen LogP contribution is -2.22. The van der Waals surface area contributed by atoms with E-state index >= 15 is 0 Å². The first-order chi connectivity index (χ1) is 18.2. The van der Waals surface area contributed by atoms with E-state index in [0.29, 0.717) is 36.1 Å². The van der Waals surface area contributed by atoms with Crippen LogP contribution in [0, 0.1) is 0 Å². The van der Waals surface area contributed by atoms with E-state index in [-0.39, 0.29) is 0 Å². The Balaban J connectivity index is 1.35. The first-order valence-corrected chi connectivity index (χ1v) is 11.9.